The predicted molar refractivity (Wildman–Crippen MR) is 64.6 cm³/mol. The van der Waals surface area contributed by atoms with E-state index >= 15 is 0 Å². The summed E-state index contributed by atoms with van der Waals surface area (Å²) in [5.41, 5.74) is 5.04. The molecule has 5 nitrogen and oxygen atoms in total. The average Bonchev–Trinajstić information content (AvgIpc) is 2.21. The molecule has 5 N–H and O–H groups in total. The summed E-state index contributed by atoms with van der Waals surface area (Å²) in [6, 6.07) is -0.254. The lowest BCUT2D eigenvalue weighted by Gasteiger charge is -2.35. The Morgan fingerprint density at radius 1 is 1.19 bits per heavy atom. The molecule has 0 aliphatic heterocycles. The Labute approximate surface area is 96.7 Å². The van der Waals surface area contributed by atoms with Crippen molar-refractivity contribution < 1.29 is 4.79 Å². The number of carbonyl (C=O) groups excluding carboxylic acids is 1. The Morgan fingerprint density at radius 2 is 1.69 bits per heavy atom. The summed E-state index contributed by atoms with van der Waals surface area (Å²) >= 11 is 0. The summed E-state index contributed by atoms with van der Waals surface area (Å²) < 4.78 is 0. The molecule has 0 aromatic carbocycles. The van der Waals surface area contributed by atoms with Gasteiger partial charge in [0.1, 0.15) is 5.84 Å². The van der Waals surface area contributed by atoms with Crippen molar-refractivity contribution in [2.75, 3.05) is 7.05 Å². The van der Waals surface area contributed by atoms with Crippen molar-refractivity contribution in [3.63, 3.8) is 0 Å². The minimum atomic E-state index is -0.624. The van der Waals surface area contributed by atoms with Gasteiger partial charge in [0.15, 0.2) is 0 Å². The van der Waals surface area contributed by atoms with Crippen LogP contribution in [0.1, 0.15) is 44.9 Å². The SMILES string of the molecule is CNC(=O)NC1(C(=N)N)CCCCCCC1. The van der Waals surface area contributed by atoms with Gasteiger partial charge in [-0.25, -0.2) is 4.79 Å². The maximum absolute atomic E-state index is 11.4. The highest BCUT2D eigenvalue weighted by molar-refractivity contribution is 5.91. The Balaban J connectivity index is 2.75. The molecule has 1 aliphatic rings. The lowest BCUT2D eigenvalue weighted by atomic mass is 9.83. The van der Waals surface area contributed by atoms with Gasteiger partial charge in [-0.15, -0.1) is 0 Å². The summed E-state index contributed by atoms with van der Waals surface area (Å²) in [6.45, 7) is 0. The van der Waals surface area contributed by atoms with Crippen LogP contribution in [0, 0.1) is 5.41 Å². The topological polar surface area (TPSA) is 91.0 Å². The second-order valence-corrected chi connectivity index (χ2v) is 4.47. The molecule has 92 valence electrons. The van der Waals surface area contributed by atoms with Crippen LogP contribution in [0.3, 0.4) is 0 Å². The van der Waals surface area contributed by atoms with Crippen LogP contribution >= 0.6 is 0 Å². The molecule has 0 spiro atoms. The average molecular weight is 226 g/mol. The first-order valence-corrected chi connectivity index (χ1v) is 5.95. The summed E-state index contributed by atoms with van der Waals surface area (Å²) in [4.78, 5) is 11.4. The van der Waals surface area contributed by atoms with Gasteiger partial charge in [0.25, 0.3) is 0 Å². The summed E-state index contributed by atoms with van der Waals surface area (Å²) in [5, 5.41) is 13.1. The first-order chi connectivity index (χ1) is 7.60. The highest BCUT2D eigenvalue weighted by atomic mass is 16.2. The van der Waals surface area contributed by atoms with E-state index in [0.717, 1.165) is 38.5 Å². The third kappa shape index (κ3) is 3.12. The van der Waals surface area contributed by atoms with Crippen molar-refractivity contribution in [3.05, 3.63) is 0 Å². The monoisotopic (exact) mass is 226 g/mol. The van der Waals surface area contributed by atoms with Crippen LogP contribution in [0.15, 0.2) is 0 Å². The molecule has 0 aromatic rings. The molecule has 16 heavy (non-hydrogen) atoms. The molecular weight excluding hydrogens is 204 g/mol. The second-order valence-electron chi connectivity index (χ2n) is 4.47. The van der Waals surface area contributed by atoms with E-state index in [1.807, 2.05) is 0 Å². The zero-order chi connectivity index (χ0) is 12.0. The number of nitrogens with one attached hydrogen (secondary N) is 3. The molecule has 2 amide bonds. The standard InChI is InChI=1S/C11H22N4O/c1-14-10(16)15-11(9(12)13)7-5-3-2-4-6-8-11/h2-8H2,1H3,(H3,12,13)(H2,14,15,16). The van der Waals surface area contributed by atoms with E-state index in [1.54, 1.807) is 7.05 Å². The first kappa shape index (κ1) is 12.8. The number of urea groups is 1. The number of amides is 2. The lowest BCUT2D eigenvalue weighted by Crippen LogP contribution is -2.59. The fourth-order valence-corrected chi connectivity index (χ4v) is 2.25. The highest BCUT2D eigenvalue weighted by Gasteiger charge is 2.34. The molecular formula is C11H22N4O. The fraction of sp³-hybridized carbons (Fsp3) is 0.818. The molecule has 0 bridgehead atoms. The molecule has 1 saturated carbocycles. The van der Waals surface area contributed by atoms with Crippen LogP contribution in [-0.4, -0.2) is 24.5 Å². The molecule has 0 saturated heterocycles. The van der Waals surface area contributed by atoms with Gasteiger partial charge in [0, 0.05) is 7.05 Å². The second kappa shape index (κ2) is 5.72. The normalized spacial score (nSPS) is 20.3. The molecule has 0 unspecified atom stereocenters. The van der Waals surface area contributed by atoms with E-state index in [4.69, 9.17) is 11.1 Å². The van der Waals surface area contributed by atoms with Gasteiger partial charge in [-0.2, -0.15) is 0 Å². The molecule has 0 atom stereocenters. The molecule has 0 radical (unpaired) electrons. The third-order valence-electron chi connectivity index (χ3n) is 3.30. The lowest BCUT2D eigenvalue weighted by molar-refractivity contribution is 0.229. The largest absolute Gasteiger partial charge is 0.386 e. The van der Waals surface area contributed by atoms with Gasteiger partial charge in [0.2, 0.25) is 0 Å². The highest BCUT2D eigenvalue weighted by Crippen LogP contribution is 2.26. The van der Waals surface area contributed by atoms with Gasteiger partial charge < -0.3 is 16.4 Å². The Bertz CT molecular complexity index is 257. The first-order valence-electron chi connectivity index (χ1n) is 5.95. The quantitative estimate of drug-likeness (QED) is 0.422. The van der Waals surface area contributed by atoms with E-state index in [2.05, 4.69) is 10.6 Å². The van der Waals surface area contributed by atoms with Crippen LogP contribution in [0.5, 0.6) is 0 Å². The van der Waals surface area contributed by atoms with Crippen LogP contribution in [0.4, 0.5) is 4.79 Å². The van der Waals surface area contributed by atoms with Crippen LogP contribution in [-0.2, 0) is 0 Å². The number of amidine groups is 1. The van der Waals surface area contributed by atoms with Crippen molar-refractivity contribution in [1.82, 2.24) is 10.6 Å². The number of hydrogen-bond acceptors (Lipinski definition) is 2. The Morgan fingerprint density at radius 3 is 2.12 bits per heavy atom. The molecule has 1 aliphatic carbocycles. The number of nitrogens with two attached hydrogens (primary N) is 1. The zero-order valence-electron chi connectivity index (χ0n) is 9.94. The van der Waals surface area contributed by atoms with Gasteiger partial charge in [-0.05, 0) is 12.8 Å². The zero-order valence-corrected chi connectivity index (χ0v) is 9.94. The van der Waals surface area contributed by atoms with Gasteiger partial charge in [-0.3, -0.25) is 5.41 Å². The fourth-order valence-electron chi connectivity index (χ4n) is 2.25. The molecule has 5 heteroatoms. The number of rotatable bonds is 2. The summed E-state index contributed by atoms with van der Waals surface area (Å²) in [6.07, 6.45) is 7.14. The minimum absolute atomic E-state index is 0.0815. The van der Waals surface area contributed by atoms with Crippen molar-refractivity contribution in [3.8, 4) is 0 Å². The number of hydrogen-bond donors (Lipinski definition) is 4. The minimum Gasteiger partial charge on any atom is -0.386 e. The maximum Gasteiger partial charge on any atom is 0.315 e. The van der Waals surface area contributed by atoms with Gasteiger partial charge in [-0.1, -0.05) is 32.1 Å². The third-order valence-corrected chi connectivity index (χ3v) is 3.30. The van der Waals surface area contributed by atoms with E-state index in [9.17, 15) is 4.79 Å². The van der Waals surface area contributed by atoms with Crippen LogP contribution < -0.4 is 16.4 Å². The molecule has 1 rings (SSSR count). The van der Waals surface area contributed by atoms with Crippen molar-refractivity contribution in [2.24, 2.45) is 5.73 Å². The Kier molecular flexibility index (Phi) is 4.58. The Hall–Kier alpha value is -1.26. The van der Waals surface area contributed by atoms with Crippen LogP contribution in [0.2, 0.25) is 0 Å². The van der Waals surface area contributed by atoms with Gasteiger partial charge in [0.05, 0.1) is 5.54 Å². The van der Waals surface area contributed by atoms with Crippen molar-refractivity contribution >= 4 is 11.9 Å². The molecule has 0 aromatic heterocycles. The van der Waals surface area contributed by atoms with Crippen LogP contribution in [0.25, 0.3) is 0 Å². The van der Waals surface area contributed by atoms with E-state index in [1.165, 1.54) is 6.42 Å². The van der Waals surface area contributed by atoms with E-state index in [-0.39, 0.29) is 11.9 Å². The van der Waals surface area contributed by atoms with Gasteiger partial charge >= 0.3 is 6.03 Å². The van der Waals surface area contributed by atoms with E-state index < -0.39 is 5.54 Å². The predicted octanol–water partition coefficient (Wildman–Crippen LogP) is 1.33. The molecule has 0 heterocycles. The maximum atomic E-state index is 11.4. The van der Waals surface area contributed by atoms with Crippen molar-refractivity contribution in [1.29, 1.82) is 5.41 Å². The summed E-state index contributed by atoms with van der Waals surface area (Å²) in [7, 11) is 1.58. The van der Waals surface area contributed by atoms with Crippen molar-refractivity contribution in [2.45, 2.75) is 50.5 Å². The summed E-state index contributed by atoms with van der Waals surface area (Å²) in [5.74, 6) is 0.0815. The van der Waals surface area contributed by atoms with E-state index in [0.29, 0.717) is 0 Å². The molecule has 1 fully saturated rings. The number of carbonyl (C=O) groups is 1. The smallest absolute Gasteiger partial charge is 0.315 e.